The van der Waals surface area contributed by atoms with E-state index in [0.29, 0.717) is 31.9 Å². The van der Waals surface area contributed by atoms with Crippen LogP contribution in [0, 0.1) is 0 Å². The number of carbonyl (C=O) groups is 1. The highest BCUT2D eigenvalue weighted by atomic mass is 16.5. The van der Waals surface area contributed by atoms with Gasteiger partial charge in [-0.05, 0) is 26.0 Å². The van der Waals surface area contributed by atoms with E-state index in [1.54, 1.807) is 0 Å². The molecule has 0 bridgehead atoms. The Morgan fingerprint density at radius 1 is 1.30 bits per heavy atom. The first-order valence-electron chi connectivity index (χ1n) is 7.80. The van der Waals surface area contributed by atoms with Gasteiger partial charge in [-0.3, -0.25) is 9.79 Å². The van der Waals surface area contributed by atoms with Crippen molar-refractivity contribution in [1.29, 1.82) is 0 Å². The molecule has 2 rings (SSSR count). The van der Waals surface area contributed by atoms with Crippen LogP contribution in [0.15, 0.2) is 23.2 Å². The normalized spacial score (nSPS) is 14.3. The first kappa shape index (κ1) is 16.9. The Kier molecular flexibility index (Phi) is 6.08. The highest BCUT2D eigenvalue weighted by Crippen LogP contribution is 2.32. The Bertz CT molecular complexity index is 572. The lowest BCUT2D eigenvalue weighted by Crippen LogP contribution is -2.30. The molecule has 1 aliphatic heterocycles. The number of nitrogens with zero attached hydrogens (tertiary/aromatic N) is 1. The summed E-state index contributed by atoms with van der Waals surface area (Å²) >= 11 is 0. The lowest BCUT2D eigenvalue weighted by Gasteiger charge is -2.11. The zero-order valence-electron chi connectivity index (χ0n) is 13.6. The number of hydrogen-bond acceptors (Lipinski definition) is 4. The monoisotopic (exact) mass is 320 g/mol. The van der Waals surface area contributed by atoms with Gasteiger partial charge < -0.3 is 25.8 Å². The minimum absolute atomic E-state index is 0.0351. The number of amides is 1. The van der Waals surface area contributed by atoms with Crippen molar-refractivity contribution < 1.29 is 14.3 Å². The molecular weight excluding hydrogens is 296 g/mol. The van der Waals surface area contributed by atoms with Crippen LogP contribution in [0.5, 0.6) is 11.5 Å². The molecule has 1 aromatic rings. The van der Waals surface area contributed by atoms with E-state index in [1.165, 1.54) is 0 Å². The van der Waals surface area contributed by atoms with E-state index in [-0.39, 0.29) is 17.9 Å². The highest BCUT2D eigenvalue weighted by Gasteiger charge is 2.11. The van der Waals surface area contributed by atoms with Crippen LogP contribution in [0.2, 0.25) is 0 Å². The van der Waals surface area contributed by atoms with Crippen LogP contribution in [0.3, 0.4) is 0 Å². The summed E-state index contributed by atoms with van der Waals surface area (Å²) in [5, 5.41) is 5.79. The maximum absolute atomic E-state index is 11.5. The maximum Gasteiger partial charge on any atom is 0.222 e. The molecule has 1 aromatic carbocycles. The predicted molar refractivity (Wildman–Crippen MR) is 90.1 cm³/mol. The molecule has 0 fully saturated rings. The summed E-state index contributed by atoms with van der Waals surface area (Å²) in [6.07, 6.45) is 1.17. The zero-order valence-corrected chi connectivity index (χ0v) is 13.6. The van der Waals surface area contributed by atoms with Gasteiger partial charge in [-0.2, -0.15) is 0 Å². The van der Waals surface area contributed by atoms with Gasteiger partial charge in [0.15, 0.2) is 17.5 Å². The molecule has 1 aliphatic rings. The maximum atomic E-state index is 11.5. The van der Waals surface area contributed by atoms with Crippen molar-refractivity contribution in [2.75, 3.05) is 25.1 Å². The molecule has 0 aromatic heterocycles. The summed E-state index contributed by atoms with van der Waals surface area (Å²) < 4.78 is 11.2. The van der Waals surface area contributed by atoms with E-state index in [2.05, 4.69) is 15.6 Å². The molecule has 0 atom stereocenters. The number of nitrogens with two attached hydrogens (primary N) is 1. The number of rotatable bonds is 5. The molecule has 0 unspecified atom stereocenters. The topological polar surface area (TPSA) is 98.0 Å². The van der Waals surface area contributed by atoms with Crippen LogP contribution >= 0.6 is 0 Å². The molecule has 126 valence electrons. The lowest BCUT2D eigenvalue weighted by atomic mass is 10.3. The molecule has 1 amide bonds. The fraction of sp³-hybridized carbons (Fsp3) is 0.500. The first-order valence-corrected chi connectivity index (χ1v) is 7.80. The van der Waals surface area contributed by atoms with Crippen molar-refractivity contribution in [1.82, 2.24) is 5.32 Å². The first-order chi connectivity index (χ1) is 11.0. The SMILES string of the molecule is CC(C)NC(=O)CCN=C(N)Nc1ccc2c(c1)OCCCO2. The molecule has 1 heterocycles. The van der Waals surface area contributed by atoms with E-state index in [0.717, 1.165) is 17.9 Å². The van der Waals surface area contributed by atoms with Gasteiger partial charge in [-0.25, -0.2) is 0 Å². The second kappa shape index (κ2) is 8.26. The van der Waals surface area contributed by atoms with Crippen LogP contribution in [0.4, 0.5) is 5.69 Å². The summed E-state index contributed by atoms with van der Waals surface area (Å²) in [5.41, 5.74) is 6.60. The number of anilines is 1. The Labute approximate surface area is 136 Å². The third kappa shape index (κ3) is 5.69. The predicted octanol–water partition coefficient (Wildman–Crippen LogP) is 1.49. The number of fused-ring (bicyclic) bond motifs is 1. The largest absolute Gasteiger partial charge is 0.490 e. The van der Waals surface area contributed by atoms with Gasteiger partial charge in [-0.1, -0.05) is 0 Å². The Morgan fingerprint density at radius 3 is 2.78 bits per heavy atom. The van der Waals surface area contributed by atoms with Crippen LogP contribution < -0.4 is 25.8 Å². The fourth-order valence-corrected chi connectivity index (χ4v) is 2.10. The third-order valence-corrected chi connectivity index (χ3v) is 3.09. The second-order valence-corrected chi connectivity index (χ2v) is 5.58. The van der Waals surface area contributed by atoms with E-state index < -0.39 is 0 Å². The third-order valence-electron chi connectivity index (χ3n) is 3.09. The Hall–Kier alpha value is -2.44. The van der Waals surface area contributed by atoms with Crippen molar-refractivity contribution in [2.45, 2.75) is 32.7 Å². The molecule has 4 N–H and O–H groups in total. The summed E-state index contributed by atoms with van der Waals surface area (Å²) in [4.78, 5) is 15.7. The van der Waals surface area contributed by atoms with Crippen molar-refractivity contribution in [2.24, 2.45) is 10.7 Å². The minimum atomic E-state index is -0.0351. The van der Waals surface area contributed by atoms with E-state index >= 15 is 0 Å². The molecule has 7 nitrogen and oxygen atoms in total. The van der Waals surface area contributed by atoms with Crippen molar-refractivity contribution in [3.8, 4) is 11.5 Å². The number of benzene rings is 1. The number of carbonyl (C=O) groups excluding carboxylic acids is 1. The second-order valence-electron chi connectivity index (χ2n) is 5.58. The zero-order chi connectivity index (χ0) is 16.7. The van der Waals surface area contributed by atoms with Crippen molar-refractivity contribution in [3.63, 3.8) is 0 Å². The van der Waals surface area contributed by atoms with Gasteiger partial charge >= 0.3 is 0 Å². The van der Waals surface area contributed by atoms with Crippen LogP contribution in [-0.4, -0.2) is 37.7 Å². The average Bonchev–Trinajstić information content (AvgIpc) is 2.71. The highest BCUT2D eigenvalue weighted by molar-refractivity contribution is 5.92. The van der Waals surface area contributed by atoms with Gasteiger partial charge in [0.2, 0.25) is 5.91 Å². The molecule has 0 spiro atoms. The molecular formula is C16H24N4O3. The summed E-state index contributed by atoms with van der Waals surface area (Å²) in [5.74, 6) is 1.65. The van der Waals surface area contributed by atoms with Crippen LogP contribution in [0.25, 0.3) is 0 Å². The molecule has 0 saturated heterocycles. The number of ether oxygens (including phenoxy) is 2. The van der Waals surface area contributed by atoms with Gasteiger partial charge in [0, 0.05) is 30.6 Å². The van der Waals surface area contributed by atoms with Crippen molar-refractivity contribution in [3.05, 3.63) is 18.2 Å². The van der Waals surface area contributed by atoms with Gasteiger partial charge in [-0.15, -0.1) is 0 Å². The average molecular weight is 320 g/mol. The van der Waals surface area contributed by atoms with Gasteiger partial charge in [0.25, 0.3) is 0 Å². The summed E-state index contributed by atoms with van der Waals surface area (Å²) in [6.45, 7) is 5.46. The molecule has 0 saturated carbocycles. The standard InChI is InChI=1S/C16H24N4O3/c1-11(2)19-15(21)6-7-18-16(17)20-12-4-5-13-14(10-12)23-9-3-8-22-13/h4-5,10-11H,3,6-9H2,1-2H3,(H,19,21)(H3,17,18,20). The Morgan fingerprint density at radius 2 is 2.04 bits per heavy atom. The fourth-order valence-electron chi connectivity index (χ4n) is 2.10. The van der Waals surface area contributed by atoms with Crippen molar-refractivity contribution >= 4 is 17.6 Å². The molecule has 23 heavy (non-hydrogen) atoms. The molecule has 7 heteroatoms. The molecule has 0 aliphatic carbocycles. The lowest BCUT2D eigenvalue weighted by molar-refractivity contribution is -0.121. The van der Waals surface area contributed by atoms with Crippen LogP contribution in [0.1, 0.15) is 26.7 Å². The van der Waals surface area contributed by atoms with Gasteiger partial charge in [0.1, 0.15) is 0 Å². The number of guanidine groups is 1. The van der Waals surface area contributed by atoms with E-state index in [1.807, 2.05) is 32.0 Å². The smallest absolute Gasteiger partial charge is 0.222 e. The summed E-state index contributed by atoms with van der Waals surface area (Å²) in [6, 6.07) is 5.64. The minimum Gasteiger partial charge on any atom is -0.490 e. The quantitative estimate of drug-likeness (QED) is 0.564. The van der Waals surface area contributed by atoms with Crippen LogP contribution in [-0.2, 0) is 4.79 Å². The van der Waals surface area contributed by atoms with E-state index in [9.17, 15) is 4.79 Å². The van der Waals surface area contributed by atoms with Gasteiger partial charge in [0.05, 0.1) is 19.8 Å². The Balaban J connectivity index is 1.87. The van der Waals surface area contributed by atoms with E-state index in [4.69, 9.17) is 15.2 Å². The summed E-state index contributed by atoms with van der Waals surface area (Å²) in [7, 11) is 0. The molecule has 0 radical (unpaired) electrons. The number of aliphatic imine (C=N–C) groups is 1. The number of hydrogen-bond donors (Lipinski definition) is 3. The number of nitrogens with one attached hydrogen (secondary N) is 2.